The van der Waals surface area contributed by atoms with Crippen LogP contribution in [0.3, 0.4) is 0 Å². The van der Waals surface area contributed by atoms with E-state index in [1.807, 2.05) is 61.2 Å². The van der Waals surface area contributed by atoms with Gasteiger partial charge in [0.2, 0.25) is 10.0 Å². The van der Waals surface area contributed by atoms with Crippen LogP contribution >= 0.6 is 0 Å². The van der Waals surface area contributed by atoms with E-state index in [9.17, 15) is 17.2 Å². The van der Waals surface area contributed by atoms with Gasteiger partial charge in [0, 0.05) is 30.4 Å². The number of rotatable bonds is 9. The molecule has 0 aliphatic rings. The summed E-state index contributed by atoms with van der Waals surface area (Å²) >= 11 is 0. The van der Waals surface area contributed by atoms with E-state index in [1.165, 1.54) is 12.1 Å². The van der Waals surface area contributed by atoms with Crippen LogP contribution in [0.25, 0.3) is 0 Å². The fourth-order valence-corrected chi connectivity index (χ4v) is 4.99. The minimum absolute atomic E-state index is 0.149. The zero-order chi connectivity index (χ0) is 27.4. The van der Waals surface area contributed by atoms with Gasteiger partial charge >= 0.3 is 0 Å². The normalized spacial score (nSPS) is 11.3. The summed E-state index contributed by atoms with van der Waals surface area (Å²) in [5.74, 6) is 0.155. The number of nitrogens with zero attached hydrogens (tertiary/aromatic N) is 1. The number of hydrogen-bond acceptors (Lipinski definition) is 4. The molecule has 4 aromatic carbocycles. The fraction of sp³-hybridized carbons (Fsp3) is 0.200. The minimum Gasteiger partial charge on any atom is -0.457 e. The standard InChI is InChI=1S/C30H30F2N2O3S/c1-20-14-21(2)16-27(15-20)37-26-12-8-23(9-13-26)18-34(19-24-10-11-25(31)17-28(24)32)30-7-5-6-29(22(30)3)33-38(4,35)36/h5-17,33H,18-19H2,1-4H3. The van der Waals surface area contributed by atoms with E-state index >= 15 is 0 Å². The number of sulfonamides is 1. The summed E-state index contributed by atoms with van der Waals surface area (Å²) in [4.78, 5) is 1.93. The maximum Gasteiger partial charge on any atom is 0.229 e. The van der Waals surface area contributed by atoms with Crippen molar-refractivity contribution in [3.05, 3.63) is 118 Å². The predicted octanol–water partition coefficient (Wildman–Crippen LogP) is 7.26. The third-order valence-electron chi connectivity index (χ3n) is 6.05. The molecule has 0 aliphatic carbocycles. The lowest BCUT2D eigenvalue weighted by Gasteiger charge is -2.28. The Hall–Kier alpha value is -3.91. The molecule has 0 radical (unpaired) electrons. The van der Waals surface area contributed by atoms with Crippen LogP contribution in [-0.4, -0.2) is 14.7 Å². The highest BCUT2D eigenvalue weighted by atomic mass is 32.2. The average Bonchev–Trinajstić information content (AvgIpc) is 2.81. The van der Waals surface area contributed by atoms with Crippen LogP contribution in [-0.2, 0) is 23.1 Å². The van der Waals surface area contributed by atoms with Gasteiger partial charge in [-0.1, -0.05) is 30.3 Å². The lowest BCUT2D eigenvalue weighted by atomic mass is 10.1. The molecule has 0 amide bonds. The van der Waals surface area contributed by atoms with Gasteiger partial charge in [-0.2, -0.15) is 0 Å². The highest BCUT2D eigenvalue weighted by molar-refractivity contribution is 7.92. The predicted molar refractivity (Wildman–Crippen MR) is 148 cm³/mol. The Morgan fingerprint density at radius 3 is 2.13 bits per heavy atom. The molecule has 4 rings (SSSR count). The van der Waals surface area contributed by atoms with E-state index in [2.05, 4.69) is 10.8 Å². The van der Waals surface area contributed by atoms with Crippen molar-refractivity contribution in [1.82, 2.24) is 0 Å². The molecule has 0 saturated heterocycles. The van der Waals surface area contributed by atoms with Crippen molar-refractivity contribution in [3.63, 3.8) is 0 Å². The van der Waals surface area contributed by atoms with Crippen LogP contribution in [0, 0.1) is 32.4 Å². The Morgan fingerprint density at radius 1 is 0.816 bits per heavy atom. The number of halogens is 2. The van der Waals surface area contributed by atoms with Crippen LogP contribution in [0.2, 0.25) is 0 Å². The second-order valence-corrected chi connectivity index (χ2v) is 11.2. The van der Waals surface area contributed by atoms with E-state index in [0.29, 0.717) is 29.1 Å². The largest absolute Gasteiger partial charge is 0.457 e. The van der Waals surface area contributed by atoms with Crippen molar-refractivity contribution in [3.8, 4) is 11.5 Å². The molecule has 0 bridgehead atoms. The van der Waals surface area contributed by atoms with Crippen LogP contribution < -0.4 is 14.4 Å². The quantitative estimate of drug-likeness (QED) is 0.245. The summed E-state index contributed by atoms with van der Waals surface area (Å²) < 4.78 is 60.4. The summed E-state index contributed by atoms with van der Waals surface area (Å²) in [7, 11) is -3.49. The zero-order valence-corrected chi connectivity index (χ0v) is 22.6. The molecular weight excluding hydrogens is 506 g/mol. The summed E-state index contributed by atoms with van der Waals surface area (Å²) in [6.45, 7) is 6.38. The zero-order valence-electron chi connectivity index (χ0n) is 21.8. The molecule has 4 aromatic rings. The first-order valence-electron chi connectivity index (χ1n) is 12.1. The Morgan fingerprint density at radius 2 is 1.50 bits per heavy atom. The number of hydrogen-bond donors (Lipinski definition) is 1. The van der Waals surface area contributed by atoms with Crippen molar-refractivity contribution in [1.29, 1.82) is 0 Å². The first-order chi connectivity index (χ1) is 18.0. The number of aryl methyl sites for hydroxylation is 2. The number of nitrogens with one attached hydrogen (secondary N) is 1. The maximum absolute atomic E-state index is 14.6. The molecule has 0 atom stereocenters. The van der Waals surface area contributed by atoms with Gasteiger partial charge in [-0.3, -0.25) is 4.72 Å². The number of anilines is 2. The Labute approximate surface area is 222 Å². The van der Waals surface area contributed by atoms with Gasteiger partial charge in [-0.05, 0) is 85.5 Å². The van der Waals surface area contributed by atoms with Gasteiger partial charge in [-0.25, -0.2) is 17.2 Å². The van der Waals surface area contributed by atoms with Gasteiger partial charge < -0.3 is 9.64 Å². The lowest BCUT2D eigenvalue weighted by Crippen LogP contribution is -2.24. The van der Waals surface area contributed by atoms with Crippen LogP contribution in [0.1, 0.15) is 27.8 Å². The molecule has 0 saturated carbocycles. The first kappa shape index (κ1) is 27.1. The van der Waals surface area contributed by atoms with Crippen molar-refractivity contribution in [2.45, 2.75) is 33.9 Å². The average molecular weight is 537 g/mol. The maximum atomic E-state index is 14.6. The molecule has 0 spiro atoms. The van der Waals surface area contributed by atoms with Crippen molar-refractivity contribution in [2.75, 3.05) is 15.9 Å². The molecule has 8 heteroatoms. The minimum atomic E-state index is -3.49. The van der Waals surface area contributed by atoms with Crippen molar-refractivity contribution >= 4 is 21.4 Å². The monoisotopic (exact) mass is 536 g/mol. The van der Waals surface area contributed by atoms with Gasteiger partial charge in [0.1, 0.15) is 23.1 Å². The second-order valence-electron chi connectivity index (χ2n) is 9.49. The first-order valence-corrected chi connectivity index (χ1v) is 14.0. The van der Waals surface area contributed by atoms with Crippen LogP contribution in [0.15, 0.2) is 78.9 Å². The van der Waals surface area contributed by atoms with Gasteiger partial charge in [0.25, 0.3) is 0 Å². The van der Waals surface area contributed by atoms with Gasteiger partial charge in [0.05, 0.1) is 11.9 Å². The van der Waals surface area contributed by atoms with Crippen molar-refractivity contribution in [2.24, 2.45) is 0 Å². The molecule has 0 unspecified atom stereocenters. The summed E-state index contributed by atoms with van der Waals surface area (Å²) in [5, 5.41) is 0. The summed E-state index contributed by atoms with van der Waals surface area (Å²) in [6, 6.07) is 22.4. The molecule has 198 valence electrons. The molecule has 1 N–H and O–H groups in total. The molecule has 38 heavy (non-hydrogen) atoms. The molecule has 5 nitrogen and oxygen atoms in total. The topological polar surface area (TPSA) is 58.6 Å². The fourth-order valence-electron chi connectivity index (χ4n) is 4.37. The van der Waals surface area contributed by atoms with Gasteiger partial charge in [-0.15, -0.1) is 0 Å². The third kappa shape index (κ3) is 7.10. The Kier molecular flexibility index (Phi) is 8.02. The second kappa shape index (κ2) is 11.2. The SMILES string of the molecule is Cc1cc(C)cc(Oc2ccc(CN(Cc3ccc(F)cc3F)c3cccc(NS(C)(=O)=O)c3C)cc2)c1. The lowest BCUT2D eigenvalue weighted by molar-refractivity contribution is 0.481. The van der Waals surface area contributed by atoms with E-state index in [4.69, 9.17) is 4.74 Å². The van der Waals surface area contributed by atoms with E-state index < -0.39 is 21.7 Å². The van der Waals surface area contributed by atoms with E-state index in [1.54, 1.807) is 19.1 Å². The van der Waals surface area contributed by atoms with Crippen LogP contribution in [0.5, 0.6) is 11.5 Å². The number of ether oxygens (including phenoxy) is 1. The number of benzene rings is 4. The summed E-state index contributed by atoms with van der Waals surface area (Å²) in [5.41, 5.74) is 5.33. The molecule has 0 heterocycles. The highest BCUT2D eigenvalue weighted by Crippen LogP contribution is 2.31. The molecule has 0 aromatic heterocycles. The van der Waals surface area contributed by atoms with Crippen LogP contribution in [0.4, 0.5) is 20.2 Å². The molecular formula is C30H30F2N2O3S. The Balaban J connectivity index is 1.64. The Bertz CT molecular complexity index is 1530. The molecule has 0 fully saturated rings. The van der Waals surface area contributed by atoms with E-state index in [0.717, 1.165) is 40.4 Å². The van der Waals surface area contributed by atoms with Crippen molar-refractivity contribution < 1.29 is 21.9 Å². The van der Waals surface area contributed by atoms with E-state index in [-0.39, 0.29) is 6.54 Å². The highest BCUT2D eigenvalue weighted by Gasteiger charge is 2.17. The smallest absolute Gasteiger partial charge is 0.229 e. The molecule has 0 aliphatic heterocycles. The summed E-state index contributed by atoms with van der Waals surface area (Å²) in [6.07, 6.45) is 1.09. The van der Waals surface area contributed by atoms with Gasteiger partial charge in [0.15, 0.2) is 0 Å². The third-order valence-corrected chi connectivity index (χ3v) is 6.64.